The third-order valence-corrected chi connectivity index (χ3v) is 4.95. The van der Waals surface area contributed by atoms with Gasteiger partial charge in [0.25, 0.3) is 5.91 Å². The maximum atomic E-state index is 12.5. The number of carbonyl (C=O) groups is 1. The molecule has 1 amide bonds. The molecule has 0 spiro atoms. The Hall–Kier alpha value is -2.38. The molecule has 1 N–H and O–H groups in total. The molecule has 0 saturated carbocycles. The number of hydrogen-bond donors (Lipinski definition) is 1. The number of nitrogens with zero attached hydrogens (tertiary/aromatic N) is 1. The third-order valence-electron chi connectivity index (χ3n) is 3.30. The number of thiazole rings is 1. The zero-order valence-corrected chi connectivity index (χ0v) is 15.6. The van der Waals surface area contributed by atoms with Crippen LogP contribution in [0.25, 0.3) is 10.6 Å². The highest BCUT2D eigenvalue weighted by molar-refractivity contribution is 7.16. The number of nitrogens with one attached hydrogen (secondary N) is 1. The minimum absolute atomic E-state index is 0.226. The first-order chi connectivity index (χ1) is 12.2. The van der Waals surface area contributed by atoms with Crippen molar-refractivity contribution < 1.29 is 14.3 Å². The maximum absolute atomic E-state index is 12.5. The smallest absolute Gasteiger partial charge is 0.257 e. The molecule has 0 radical (unpaired) electrons. The molecule has 0 fully saturated rings. The van der Waals surface area contributed by atoms with Gasteiger partial charge in [0.15, 0.2) is 16.6 Å². The van der Waals surface area contributed by atoms with E-state index in [1.165, 1.54) is 11.3 Å². The fraction of sp³-hybridized carbons (Fsp3) is 0.222. The quantitative estimate of drug-likeness (QED) is 0.637. The van der Waals surface area contributed by atoms with Crippen LogP contribution in [0.3, 0.4) is 0 Å². The number of hydrogen-bond acceptors (Lipinski definition) is 6. The van der Waals surface area contributed by atoms with Crippen LogP contribution in [-0.4, -0.2) is 24.1 Å². The molecule has 3 rings (SSSR count). The number of rotatable bonds is 7. The van der Waals surface area contributed by atoms with Crippen LogP contribution in [-0.2, 0) is 0 Å². The van der Waals surface area contributed by atoms with Crippen LogP contribution in [0.2, 0.25) is 0 Å². The molecular formula is C18H18N2O3S2. The van der Waals surface area contributed by atoms with Gasteiger partial charge in [-0.25, -0.2) is 4.98 Å². The highest BCUT2D eigenvalue weighted by atomic mass is 32.1. The van der Waals surface area contributed by atoms with E-state index in [-0.39, 0.29) is 5.91 Å². The van der Waals surface area contributed by atoms with Gasteiger partial charge in [-0.1, -0.05) is 6.07 Å². The molecule has 0 aliphatic carbocycles. The van der Waals surface area contributed by atoms with E-state index in [9.17, 15) is 4.79 Å². The lowest BCUT2D eigenvalue weighted by Crippen LogP contribution is -2.12. The second-order valence-corrected chi connectivity index (χ2v) is 6.80. The van der Waals surface area contributed by atoms with Crippen LogP contribution < -0.4 is 14.8 Å². The van der Waals surface area contributed by atoms with Crippen molar-refractivity contribution in [2.24, 2.45) is 0 Å². The van der Waals surface area contributed by atoms with Crippen molar-refractivity contribution >= 4 is 33.7 Å². The zero-order valence-electron chi connectivity index (χ0n) is 13.9. The van der Waals surface area contributed by atoms with Crippen molar-refractivity contribution in [3.63, 3.8) is 0 Å². The van der Waals surface area contributed by atoms with Gasteiger partial charge in [0, 0.05) is 10.9 Å². The molecule has 2 aromatic heterocycles. The molecule has 0 aliphatic heterocycles. The molecule has 0 bridgehead atoms. The van der Waals surface area contributed by atoms with Crippen LogP contribution in [0.15, 0.2) is 41.1 Å². The van der Waals surface area contributed by atoms with Crippen molar-refractivity contribution in [2.75, 3.05) is 18.5 Å². The molecule has 2 heterocycles. The first-order valence-corrected chi connectivity index (χ1v) is 9.67. The summed E-state index contributed by atoms with van der Waals surface area (Å²) in [6.07, 6.45) is 0. The zero-order chi connectivity index (χ0) is 17.6. The molecule has 0 aliphatic rings. The molecule has 3 aromatic rings. The van der Waals surface area contributed by atoms with E-state index >= 15 is 0 Å². The van der Waals surface area contributed by atoms with E-state index in [1.807, 2.05) is 36.7 Å². The van der Waals surface area contributed by atoms with E-state index in [4.69, 9.17) is 9.47 Å². The Morgan fingerprint density at radius 3 is 2.64 bits per heavy atom. The largest absolute Gasteiger partial charge is 0.490 e. The van der Waals surface area contributed by atoms with Crippen LogP contribution in [0.4, 0.5) is 5.13 Å². The summed E-state index contributed by atoms with van der Waals surface area (Å²) in [5.74, 6) is 0.974. The van der Waals surface area contributed by atoms with Gasteiger partial charge in [-0.05, 0) is 43.5 Å². The molecule has 130 valence electrons. The SMILES string of the molecule is CCOc1ccc(C(=O)Nc2nc(-c3cccs3)cs2)cc1OCC. The highest BCUT2D eigenvalue weighted by Gasteiger charge is 2.14. The Kier molecular flexibility index (Phi) is 5.67. The number of aromatic nitrogens is 1. The summed E-state index contributed by atoms with van der Waals surface area (Å²) in [5.41, 5.74) is 1.37. The first-order valence-electron chi connectivity index (χ1n) is 7.91. The second kappa shape index (κ2) is 8.13. The third kappa shape index (κ3) is 4.18. The summed E-state index contributed by atoms with van der Waals surface area (Å²) in [7, 11) is 0. The van der Waals surface area contributed by atoms with Gasteiger partial charge in [0.2, 0.25) is 0 Å². The molecular weight excluding hydrogens is 356 g/mol. The fourth-order valence-corrected chi connectivity index (χ4v) is 3.70. The van der Waals surface area contributed by atoms with Gasteiger partial charge in [-0.3, -0.25) is 10.1 Å². The van der Waals surface area contributed by atoms with Crippen molar-refractivity contribution in [1.29, 1.82) is 0 Å². The predicted molar refractivity (Wildman–Crippen MR) is 102 cm³/mol. The van der Waals surface area contributed by atoms with Crippen molar-refractivity contribution in [3.8, 4) is 22.1 Å². The summed E-state index contributed by atoms with van der Waals surface area (Å²) in [6, 6.07) is 9.15. The maximum Gasteiger partial charge on any atom is 0.257 e. The van der Waals surface area contributed by atoms with Crippen LogP contribution in [0.5, 0.6) is 11.5 Å². The lowest BCUT2D eigenvalue weighted by atomic mass is 10.2. The number of ether oxygens (including phenoxy) is 2. The summed E-state index contributed by atoms with van der Waals surface area (Å²) in [6.45, 7) is 4.84. The van der Waals surface area contributed by atoms with E-state index in [0.29, 0.717) is 35.4 Å². The van der Waals surface area contributed by atoms with Crippen molar-refractivity contribution in [3.05, 3.63) is 46.7 Å². The Morgan fingerprint density at radius 2 is 1.92 bits per heavy atom. The lowest BCUT2D eigenvalue weighted by molar-refractivity contribution is 0.102. The van der Waals surface area contributed by atoms with Crippen molar-refractivity contribution in [1.82, 2.24) is 4.98 Å². The molecule has 0 unspecified atom stereocenters. The van der Waals surface area contributed by atoms with Gasteiger partial charge < -0.3 is 9.47 Å². The van der Waals surface area contributed by atoms with Gasteiger partial charge in [-0.2, -0.15) is 0 Å². The monoisotopic (exact) mass is 374 g/mol. The average molecular weight is 374 g/mol. The summed E-state index contributed by atoms with van der Waals surface area (Å²) in [5, 5.41) is 7.35. The van der Waals surface area contributed by atoms with Crippen molar-refractivity contribution in [2.45, 2.75) is 13.8 Å². The van der Waals surface area contributed by atoms with E-state index in [0.717, 1.165) is 10.6 Å². The summed E-state index contributed by atoms with van der Waals surface area (Å²) >= 11 is 3.02. The lowest BCUT2D eigenvalue weighted by Gasteiger charge is -2.12. The average Bonchev–Trinajstić information content (AvgIpc) is 3.28. The number of thiophene rings is 1. The molecule has 0 atom stereocenters. The van der Waals surface area contributed by atoms with Gasteiger partial charge in [0.05, 0.1) is 23.8 Å². The number of anilines is 1. The predicted octanol–water partition coefficient (Wildman–Crippen LogP) is 4.92. The topological polar surface area (TPSA) is 60.5 Å². The molecule has 0 saturated heterocycles. The Bertz CT molecular complexity index is 844. The normalized spacial score (nSPS) is 10.5. The number of amides is 1. The van der Waals surface area contributed by atoms with Crippen LogP contribution in [0, 0.1) is 0 Å². The van der Waals surface area contributed by atoms with Gasteiger partial charge in [0.1, 0.15) is 0 Å². The van der Waals surface area contributed by atoms with E-state index in [1.54, 1.807) is 29.5 Å². The molecule has 5 nitrogen and oxygen atoms in total. The molecule has 1 aromatic carbocycles. The summed E-state index contributed by atoms with van der Waals surface area (Å²) < 4.78 is 11.1. The summed E-state index contributed by atoms with van der Waals surface area (Å²) in [4.78, 5) is 18.0. The first kappa shape index (κ1) is 17.4. The fourth-order valence-electron chi connectivity index (χ4n) is 2.23. The standard InChI is InChI=1S/C18H18N2O3S2/c1-3-22-14-8-7-12(10-15(14)23-4-2)17(21)20-18-19-13(11-25-18)16-6-5-9-24-16/h5-11H,3-4H2,1-2H3,(H,19,20,21). The minimum Gasteiger partial charge on any atom is -0.490 e. The number of carbonyl (C=O) groups excluding carboxylic acids is 1. The Morgan fingerprint density at radius 1 is 1.12 bits per heavy atom. The van der Waals surface area contributed by atoms with Gasteiger partial charge >= 0.3 is 0 Å². The van der Waals surface area contributed by atoms with E-state index < -0.39 is 0 Å². The van der Waals surface area contributed by atoms with E-state index in [2.05, 4.69) is 10.3 Å². The molecule has 7 heteroatoms. The highest BCUT2D eigenvalue weighted by Crippen LogP contribution is 2.30. The van der Waals surface area contributed by atoms with Crippen LogP contribution in [0.1, 0.15) is 24.2 Å². The van der Waals surface area contributed by atoms with Gasteiger partial charge in [-0.15, -0.1) is 22.7 Å². The Labute approximate surface area is 154 Å². The second-order valence-electron chi connectivity index (χ2n) is 5.00. The Balaban J connectivity index is 1.75. The van der Waals surface area contributed by atoms with Crippen LogP contribution >= 0.6 is 22.7 Å². The molecule has 25 heavy (non-hydrogen) atoms. The number of benzene rings is 1. The minimum atomic E-state index is -0.226.